The van der Waals surface area contributed by atoms with Gasteiger partial charge in [-0.15, -0.1) is 11.3 Å². The van der Waals surface area contributed by atoms with E-state index in [9.17, 15) is 4.79 Å². The number of carbonyl (C=O) groups excluding carboxylic acids is 1. The fraction of sp³-hybridized carbons (Fsp3) is 0.368. The van der Waals surface area contributed by atoms with Gasteiger partial charge in [-0.25, -0.2) is 0 Å². The molecule has 0 bridgehead atoms. The van der Waals surface area contributed by atoms with Crippen LogP contribution in [0.2, 0.25) is 0 Å². The summed E-state index contributed by atoms with van der Waals surface area (Å²) in [5.41, 5.74) is 0. The van der Waals surface area contributed by atoms with E-state index in [0.29, 0.717) is 12.3 Å². The molecular weight excluding hydrogens is 348 g/mol. The van der Waals surface area contributed by atoms with Crippen molar-refractivity contribution in [2.24, 2.45) is 0 Å². The zero-order chi connectivity index (χ0) is 17.8. The summed E-state index contributed by atoms with van der Waals surface area (Å²) in [5, 5.41) is 9.38. The Bertz CT molecular complexity index is 826. The lowest BCUT2D eigenvalue weighted by atomic mass is 10.1. The second kappa shape index (κ2) is 7.88. The third-order valence-electron chi connectivity index (χ3n) is 4.56. The Labute approximate surface area is 156 Å². The summed E-state index contributed by atoms with van der Waals surface area (Å²) in [6.45, 7) is 3.45. The van der Waals surface area contributed by atoms with Gasteiger partial charge in [0.15, 0.2) is 5.76 Å². The van der Waals surface area contributed by atoms with Gasteiger partial charge >= 0.3 is 0 Å². The summed E-state index contributed by atoms with van der Waals surface area (Å²) in [7, 11) is 0. The summed E-state index contributed by atoms with van der Waals surface area (Å²) in [6.07, 6.45) is 5.70. The molecule has 0 radical (unpaired) electrons. The monoisotopic (exact) mass is 370 g/mol. The molecule has 1 fully saturated rings. The first-order valence-electron chi connectivity index (χ1n) is 8.88. The van der Waals surface area contributed by atoms with Crippen molar-refractivity contribution in [1.29, 1.82) is 0 Å². The highest BCUT2D eigenvalue weighted by molar-refractivity contribution is 7.09. The molecule has 1 unspecified atom stereocenters. The van der Waals surface area contributed by atoms with Gasteiger partial charge < -0.3 is 9.73 Å². The third-order valence-corrected chi connectivity index (χ3v) is 5.42. The van der Waals surface area contributed by atoms with Crippen LogP contribution in [0.25, 0.3) is 0 Å². The van der Waals surface area contributed by atoms with Gasteiger partial charge in [-0.2, -0.15) is 5.10 Å². The van der Waals surface area contributed by atoms with Crippen LogP contribution in [0.3, 0.4) is 0 Å². The highest BCUT2D eigenvalue weighted by atomic mass is 32.1. The van der Waals surface area contributed by atoms with Crippen molar-refractivity contribution in [1.82, 2.24) is 20.0 Å². The predicted octanol–water partition coefficient (Wildman–Crippen LogP) is 2.98. The van der Waals surface area contributed by atoms with E-state index >= 15 is 0 Å². The van der Waals surface area contributed by atoms with Crippen LogP contribution in [0.1, 0.15) is 34.0 Å². The molecule has 3 aromatic heterocycles. The molecule has 3 aromatic rings. The Kier molecular flexibility index (Phi) is 5.17. The molecule has 1 aliphatic rings. The highest BCUT2D eigenvalue weighted by Gasteiger charge is 2.23. The number of thiophene rings is 1. The molecule has 4 rings (SSSR count). The van der Waals surface area contributed by atoms with E-state index in [1.165, 1.54) is 4.88 Å². The van der Waals surface area contributed by atoms with Crippen LogP contribution in [0.5, 0.6) is 0 Å². The normalized spacial score (nSPS) is 18.1. The van der Waals surface area contributed by atoms with Crippen molar-refractivity contribution < 1.29 is 9.21 Å². The van der Waals surface area contributed by atoms with Crippen molar-refractivity contribution in [2.45, 2.75) is 32.0 Å². The van der Waals surface area contributed by atoms with E-state index in [1.54, 1.807) is 28.3 Å². The minimum atomic E-state index is -0.139. The molecule has 26 heavy (non-hydrogen) atoms. The number of rotatable bonds is 6. The lowest BCUT2D eigenvalue weighted by molar-refractivity contribution is 0.0871. The van der Waals surface area contributed by atoms with Gasteiger partial charge in [0.1, 0.15) is 5.76 Å². The summed E-state index contributed by atoms with van der Waals surface area (Å²) in [5.74, 6) is 0.948. The zero-order valence-corrected chi connectivity index (χ0v) is 15.3. The lowest BCUT2D eigenvalue weighted by Gasteiger charge is -2.32. The Morgan fingerprint density at radius 2 is 2.27 bits per heavy atom. The molecule has 0 aliphatic carbocycles. The Hall–Kier alpha value is -2.38. The number of carbonyl (C=O) groups is 1. The molecule has 0 saturated carbocycles. The molecule has 7 heteroatoms. The van der Waals surface area contributed by atoms with Gasteiger partial charge in [-0.1, -0.05) is 6.07 Å². The average molecular weight is 370 g/mol. The molecule has 1 amide bonds. The van der Waals surface area contributed by atoms with Crippen molar-refractivity contribution in [3.63, 3.8) is 0 Å². The van der Waals surface area contributed by atoms with Crippen molar-refractivity contribution in [3.8, 4) is 0 Å². The standard InChI is InChI=1S/C19H22N4O2S/c24-19(18-7-6-16(25-18)13-23-10-3-8-20-23)21-15-4-1-9-22(12-15)14-17-5-2-11-26-17/h2-3,5-8,10-11,15H,1,4,9,12-14H2,(H,21,24). The number of aromatic nitrogens is 2. The zero-order valence-electron chi connectivity index (χ0n) is 14.5. The number of amides is 1. The van der Waals surface area contributed by atoms with E-state index in [0.717, 1.165) is 38.2 Å². The van der Waals surface area contributed by atoms with Crippen LogP contribution in [0, 0.1) is 0 Å². The summed E-state index contributed by atoms with van der Waals surface area (Å²) in [6, 6.07) is 9.84. The second-order valence-electron chi connectivity index (χ2n) is 6.60. The van der Waals surface area contributed by atoms with Gasteiger partial charge in [0.05, 0.1) is 6.54 Å². The first kappa shape index (κ1) is 17.1. The fourth-order valence-corrected chi connectivity index (χ4v) is 4.08. The number of furan rings is 1. The van der Waals surface area contributed by atoms with E-state index in [4.69, 9.17) is 4.42 Å². The van der Waals surface area contributed by atoms with Crippen molar-refractivity contribution in [2.75, 3.05) is 13.1 Å². The number of hydrogen-bond acceptors (Lipinski definition) is 5. The topological polar surface area (TPSA) is 63.3 Å². The highest BCUT2D eigenvalue weighted by Crippen LogP contribution is 2.17. The van der Waals surface area contributed by atoms with E-state index in [-0.39, 0.29) is 11.9 Å². The largest absolute Gasteiger partial charge is 0.454 e. The van der Waals surface area contributed by atoms with E-state index in [2.05, 4.69) is 32.8 Å². The van der Waals surface area contributed by atoms with Gasteiger partial charge in [-0.05, 0) is 49.0 Å². The van der Waals surface area contributed by atoms with Crippen LogP contribution in [0.4, 0.5) is 0 Å². The summed E-state index contributed by atoms with van der Waals surface area (Å²) >= 11 is 1.78. The maximum absolute atomic E-state index is 12.5. The molecule has 0 spiro atoms. The number of piperidine rings is 1. The Balaban J connectivity index is 1.32. The molecule has 4 heterocycles. The SMILES string of the molecule is O=C(NC1CCCN(Cc2cccs2)C1)c1ccc(Cn2cccn2)o1. The second-order valence-corrected chi connectivity index (χ2v) is 7.63. The van der Waals surface area contributed by atoms with Crippen molar-refractivity contribution >= 4 is 17.2 Å². The molecule has 136 valence electrons. The predicted molar refractivity (Wildman–Crippen MR) is 100 cm³/mol. The molecule has 1 N–H and O–H groups in total. The van der Waals surface area contributed by atoms with E-state index < -0.39 is 0 Å². The smallest absolute Gasteiger partial charge is 0.287 e. The average Bonchev–Trinajstić information content (AvgIpc) is 3.38. The van der Waals surface area contributed by atoms with Gasteiger partial charge in [-0.3, -0.25) is 14.4 Å². The summed E-state index contributed by atoms with van der Waals surface area (Å²) < 4.78 is 7.46. The maximum atomic E-state index is 12.5. The molecule has 6 nitrogen and oxygen atoms in total. The third kappa shape index (κ3) is 4.23. The van der Waals surface area contributed by atoms with E-state index in [1.807, 2.05) is 18.3 Å². The van der Waals surface area contributed by atoms with Gasteiger partial charge in [0.2, 0.25) is 0 Å². The number of likely N-dealkylation sites (tertiary alicyclic amines) is 1. The van der Waals surface area contributed by atoms with Crippen LogP contribution in [-0.4, -0.2) is 39.7 Å². The first-order valence-corrected chi connectivity index (χ1v) is 9.76. The van der Waals surface area contributed by atoms with Crippen LogP contribution >= 0.6 is 11.3 Å². The van der Waals surface area contributed by atoms with Crippen LogP contribution in [0.15, 0.2) is 52.5 Å². The molecule has 1 aliphatic heterocycles. The fourth-order valence-electron chi connectivity index (χ4n) is 3.33. The molecule has 0 aromatic carbocycles. The summed E-state index contributed by atoms with van der Waals surface area (Å²) in [4.78, 5) is 16.3. The Morgan fingerprint density at radius 1 is 1.31 bits per heavy atom. The lowest BCUT2D eigenvalue weighted by Crippen LogP contribution is -2.47. The molecule has 1 atom stereocenters. The number of hydrogen-bond donors (Lipinski definition) is 1. The van der Waals surface area contributed by atoms with Gasteiger partial charge in [0, 0.05) is 36.4 Å². The Morgan fingerprint density at radius 3 is 3.08 bits per heavy atom. The maximum Gasteiger partial charge on any atom is 0.287 e. The first-order chi connectivity index (χ1) is 12.8. The quantitative estimate of drug-likeness (QED) is 0.725. The minimum Gasteiger partial charge on any atom is -0.454 e. The molecular formula is C19H22N4O2S. The van der Waals surface area contributed by atoms with Crippen molar-refractivity contribution in [3.05, 3.63) is 64.5 Å². The van der Waals surface area contributed by atoms with Crippen LogP contribution in [-0.2, 0) is 13.1 Å². The van der Waals surface area contributed by atoms with Gasteiger partial charge in [0.25, 0.3) is 5.91 Å². The molecule has 1 saturated heterocycles. The van der Waals surface area contributed by atoms with Crippen LogP contribution < -0.4 is 5.32 Å². The number of nitrogens with one attached hydrogen (secondary N) is 1. The number of nitrogens with zero attached hydrogens (tertiary/aromatic N) is 3. The minimum absolute atomic E-state index is 0.139.